The lowest BCUT2D eigenvalue weighted by Crippen LogP contribution is -2.43. The van der Waals surface area contributed by atoms with Gasteiger partial charge in [-0.15, -0.1) is 0 Å². The van der Waals surface area contributed by atoms with Gasteiger partial charge in [0.2, 0.25) is 0 Å². The lowest BCUT2D eigenvalue weighted by atomic mass is 9.91. The van der Waals surface area contributed by atoms with Crippen molar-refractivity contribution in [2.75, 3.05) is 11.4 Å². The largest absolute Gasteiger partial charge is 0.368 e. The van der Waals surface area contributed by atoms with Crippen LogP contribution in [0.1, 0.15) is 45.1 Å². The summed E-state index contributed by atoms with van der Waals surface area (Å²) < 4.78 is 1.19. The minimum Gasteiger partial charge on any atom is -0.368 e. The van der Waals surface area contributed by atoms with Gasteiger partial charge in [-0.05, 0) is 56.2 Å². The fourth-order valence-corrected chi connectivity index (χ4v) is 3.52. The van der Waals surface area contributed by atoms with Gasteiger partial charge in [0.15, 0.2) is 0 Å². The van der Waals surface area contributed by atoms with Crippen molar-refractivity contribution >= 4 is 21.6 Å². The summed E-state index contributed by atoms with van der Waals surface area (Å²) in [6, 6.07) is 8.16. The van der Waals surface area contributed by atoms with Crippen LogP contribution in [0, 0.1) is 5.92 Å². The molecule has 0 amide bonds. The molecule has 1 aromatic rings. The highest BCUT2D eigenvalue weighted by Crippen LogP contribution is 2.33. The van der Waals surface area contributed by atoms with Gasteiger partial charge in [0, 0.05) is 35.3 Å². The summed E-state index contributed by atoms with van der Waals surface area (Å²) in [7, 11) is 0. The lowest BCUT2D eigenvalue weighted by Gasteiger charge is -2.40. The van der Waals surface area contributed by atoms with Crippen LogP contribution in [-0.2, 0) is 6.54 Å². The van der Waals surface area contributed by atoms with Gasteiger partial charge in [0.05, 0.1) is 0 Å². The maximum absolute atomic E-state index is 3.66. The highest BCUT2D eigenvalue weighted by atomic mass is 79.9. The van der Waals surface area contributed by atoms with Gasteiger partial charge in [-0.1, -0.05) is 28.9 Å². The Balaban J connectivity index is 1.83. The van der Waals surface area contributed by atoms with E-state index in [-0.39, 0.29) is 0 Å². The molecule has 2 atom stereocenters. The first-order chi connectivity index (χ1) is 9.65. The van der Waals surface area contributed by atoms with E-state index in [9.17, 15) is 0 Å². The fraction of sp³-hybridized carbons (Fsp3) is 0.647. The van der Waals surface area contributed by atoms with E-state index in [1.807, 2.05) is 0 Å². The van der Waals surface area contributed by atoms with Crippen molar-refractivity contribution in [3.05, 3.63) is 28.2 Å². The Morgan fingerprint density at radius 2 is 2.05 bits per heavy atom. The topological polar surface area (TPSA) is 15.3 Å². The summed E-state index contributed by atoms with van der Waals surface area (Å²) in [5, 5.41) is 3.66. The Bertz CT molecular complexity index is 470. The van der Waals surface area contributed by atoms with Crippen molar-refractivity contribution in [1.29, 1.82) is 0 Å². The van der Waals surface area contributed by atoms with E-state index in [0.29, 0.717) is 6.04 Å². The summed E-state index contributed by atoms with van der Waals surface area (Å²) in [5.74, 6) is 0.784. The highest BCUT2D eigenvalue weighted by Gasteiger charge is 2.27. The summed E-state index contributed by atoms with van der Waals surface area (Å²) in [4.78, 5) is 2.61. The number of benzene rings is 1. The molecule has 1 N–H and O–H groups in total. The summed E-state index contributed by atoms with van der Waals surface area (Å²) in [6.45, 7) is 6.96. The zero-order valence-corrected chi connectivity index (χ0v) is 14.1. The lowest BCUT2D eigenvalue weighted by molar-refractivity contribution is 0.363. The zero-order valence-electron chi connectivity index (χ0n) is 12.5. The van der Waals surface area contributed by atoms with Gasteiger partial charge in [-0.3, -0.25) is 0 Å². The van der Waals surface area contributed by atoms with Crippen LogP contribution in [0.25, 0.3) is 0 Å². The normalized spacial score (nSPS) is 26.9. The Morgan fingerprint density at radius 1 is 1.25 bits per heavy atom. The van der Waals surface area contributed by atoms with Gasteiger partial charge in [-0.25, -0.2) is 0 Å². The molecule has 2 nitrogen and oxygen atoms in total. The van der Waals surface area contributed by atoms with Crippen LogP contribution >= 0.6 is 15.9 Å². The van der Waals surface area contributed by atoms with E-state index in [4.69, 9.17) is 0 Å². The highest BCUT2D eigenvalue weighted by molar-refractivity contribution is 9.10. The number of hydrogen-bond donors (Lipinski definition) is 1. The molecule has 2 unspecified atom stereocenters. The molecule has 3 rings (SSSR count). The Morgan fingerprint density at radius 3 is 2.80 bits per heavy atom. The minimum absolute atomic E-state index is 0.637. The molecule has 0 radical (unpaired) electrons. The van der Waals surface area contributed by atoms with Crippen molar-refractivity contribution in [2.24, 2.45) is 5.92 Å². The first kappa shape index (κ1) is 14.4. The Labute approximate surface area is 131 Å². The third-order valence-electron chi connectivity index (χ3n) is 4.89. The Hall–Kier alpha value is -0.540. The first-order valence-electron chi connectivity index (χ1n) is 7.93. The minimum atomic E-state index is 0.637. The number of anilines is 1. The van der Waals surface area contributed by atoms with Crippen LogP contribution in [0.4, 0.5) is 5.69 Å². The van der Waals surface area contributed by atoms with Crippen LogP contribution in [-0.4, -0.2) is 18.6 Å². The number of nitrogens with one attached hydrogen (secondary N) is 1. The van der Waals surface area contributed by atoms with Crippen molar-refractivity contribution in [3.8, 4) is 0 Å². The van der Waals surface area contributed by atoms with E-state index in [2.05, 4.69) is 58.2 Å². The molecule has 2 fully saturated rings. The van der Waals surface area contributed by atoms with Gasteiger partial charge >= 0.3 is 0 Å². The monoisotopic (exact) mass is 336 g/mol. The van der Waals surface area contributed by atoms with Crippen molar-refractivity contribution in [1.82, 2.24) is 5.32 Å². The standard InChI is InChI=1S/C17H25BrN2/c1-12-4-3-9-20(13(12)2)17-10-15(18)6-5-14(17)11-19-16-7-8-16/h5-6,10,12-13,16,19H,3-4,7-9,11H2,1-2H3. The molecule has 3 heteroatoms. The first-order valence-corrected chi connectivity index (χ1v) is 8.73. The van der Waals surface area contributed by atoms with E-state index in [1.165, 1.54) is 48.0 Å². The molecule has 0 bridgehead atoms. The summed E-state index contributed by atoms with van der Waals surface area (Å²) in [5.41, 5.74) is 2.87. The number of nitrogens with zero attached hydrogens (tertiary/aromatic N) is 1. The number of halogens is 1. The van der Waals surface area contributed by atoms with Crippen LogP contribution in [0.5, 0.6) is 0 Å². The molecule has 20 heavy (non-hydrogen) atoms. The van der Waals surface area contributed by atoms with Crippen LogP contribution in [0.2, 0.25) is 0 Å². The average Bonchev–Trinajstić information content (AvgIpc) is 3.25. The third-order valence-corrected chi connectivity index (χ3v) is 5.38. The second-order valence-corrected chi connectivity index (χ2v) is 7.40. The SMILES string of the molecule is CC1CCCN(c2cc(Br)ccc2CNC2CC2)C1C. The van der Waals surface area contributed by atoms with Crippen LogP contribution in [0.15, 0.2) is 22.7 Å². The smallest absolute Gasteiger partial charge is 0.0425 e. The molecule has 1 saturated carbocycles. The van der Waals surface area contributed by atoms with E-state index in [1.54, 1.807) is 0 Å². The molecule has 1 aliphatic carbocycles. The van der Waals surface area contributed by atoms with Crippen molar-refractivity contribution in [2.45, 2.75) is 58.2 Å². The molecule has 1 aliphatic heterocycles. The molecule has 0 spiro atoms. The molecule has 1 saturated heterocycles. The van der Waals surface area contributed by atoms with E-state index >= 15 is 0 Å². The van der Waals surface area contributed by atoms with Gasteiger partial charge in [-0.2, -0.15) is 0 Å². The molecule has 0 aromatic heterocycles. The number of rotatable bonds is 4. The molecular formula is C17H25BrN2. The predicted molar refractivity (Wildman–Crippen MR) is 89.2 cm³/mol. The number of piperidine rings is 1. The third kappa shape index (κ3) is 3.20. The summed E-state index contributed by atoms with van der Waals surface area (Å²) >= 11 is 3.64. The van der Waals surface area contributed by atoms with Crippen LogP contribution in [0.3, 0.4) is 0 Å². The van der Waals surface area contributed by atoms with Gasteiger partial charge in [0.25, 0.3) is 0 Å². The van der Waals surface area contributed by atoms with E-state index < -0.39 is 0 Å². The van der Waals surface area contributed by atoms with Gasteiger partial charge in [0.1, 0.15) is 0 Å². The van der Waals surface area contributed by atoms with Crippen molar-refractivity contribution in [3.63, 3.8) is 0 Å². The maximum Gasteiger partial charge on any atom is 0.0425 e. The quantitative estimate of drug-likeness (QED) is 0.880. The average molecular weight is 337 g/mol. The molecule has 1 aromatic carbocycles. The van der Waals surface area contributed by atoms with Crippen molar-refractivity contribution < 1.29 is 0 Å². The molecular weight excluding hydrogens is 312 g/mol. The van der Waals surface area contributed by atoms with E-state index in [0.717, 1.165) is 18.5 Å². The van der Waals surface area contributed by atoms with Crippen LogP contribution < -0.4 is 10.2 Å². The summed E-state index contributed by atoms with van der Waals surface area (Å²) in [6.07, 6.45) is 5.38. The predicted octanol–water partition coefficient (Wildman–Crippen LogP) is 4.33. The second kappa shape index (κ2) is 6.07. The van der Waals surface area contributed by atoms with Gasteiger partial charge < -0.3 is 10.2 Å². The molecule has 1 heterocycles. The molecule has 2 aliphatic rings. The second-order valence-electron chi connectivity index (χ2n) is 6.48. The Kier molecular flexibility index (Phi) is 4.37. The fourth-order valence-electron chi connectivity index (χ4n) is 3.17. The zero-order chi connectivity index (χ0) is 14.1. The maximum atomic E-state index is 3.66. The molecule has 110 valence electrons. The number of hydrogen-bond acceptors (Lipinski definition) is 2.